The van der Waals surface area contributed by atoms with Gasteiger partial charge in [0.2, 0.25) is 0 Å². The maximum atomic E-state index is 12.3. The lowest BCUT2D eigenvalue weighted by Gasteiger charge is -2.15. The van der Waals surface area contributed by atoms with Crippen LogP contribution < -0.4 is 5.32 Å². The molecule has 10 heteroatoms. The Bertz CT molecular complexity index is 848. The molecule has 0 bridgehead atoms. The van der Waals surface area contributed by atoms with E-state index in [-0.39, 0.29) is 12.2 Å². The molecule has 25 heavy (non-hydrogen) atoms. The number of ether oxygens (including phenoxy) is 1. The van der Waals surface area contributed by atoms with E-state index >= 15 is 0 Å². The molecule has 1 aliphatic heterocycles. The molecule has 0 saturated carbocycles. The lowest BCUT2D eigenvalue weighted by atomic mass is 10.1. The molecule has 0 unspecified atom stereocenters. The standard InChI is InChI=1S/C15H11BrF3N3O3/c16-8-2-1-3-9(6-8)22-11-4-5-20-7-10(11)12(21-22)13(23)25-14(24)15(17,18)19/h1-3,6,20H,4-5,7H2. The summed E-state index contributed by atoms with van der Waals surface area (Å²) < 4.78 is 43.1. The SMILES string of the molecule is O=C(OC(=O)C(F)(F)F)c1nn(-c2cccc(Br)c2)c2c1CNCC2. The molecular formula is C15H11BrF3N3O3. The number of fused-ring (bicyclic) bond motifs is 1. The summed E-state index contributed by atoms with van der Waals surface area (Å²) in [5.41, 5.74) is 1.43. The van der Waals surface area contributed by atoms with Crippen LogP contribution in [0.15, 0.2) is 28.7 Å². The number of benzene rings is 1. The van der Waals surface area contributed by atoms with Crippen LogP contribution in [0.3, 0.4) is 0 Å². The summed E-state index contributed by atoms with van der Waals surface area (Å²) in [6.07, 6.45) is -4.73. The van der Waals surface area contributed by atoms with Crippen molar-refractivity contribution in [2.24, 2.45) is 0 Å². The van der Waals surface area contributed by atoms with Gasteiger partial charge in [0.15, 0.2) is 5.69 Å². The molecule has 0 saturated heterocycles. The van der Waals surface area contributed by atoms with E-state index in [0.717, 1.165) is 4.47 Å². The van der Waals surface area contributed by atoms with Crippen LogP contribution in [-0.4, -0.2) is 34.4 Å². The highest BCUT2D eigenvalue weighted by Gasteiger charge is 2.43. The number of carbonyl (C=O) groups excluding carboxylic acids is 2. The Morgan fingerprint density at radius 3 is 2.76 bits per heavy atom. The zero-order chi connectivity index (χ0) is 18.2. The Morgan fingerprint density at radius 1 is 1.32 bits per heavy atom. The normalized spacial score (nSPS) is 14.1. The molecule has 1 aromatic heterocycles. The van der Waals surface area contributed by atoms with Gasteiger partial charge in [-0.1, -0.05) is 22.0 Å². The number of halogens is 4. The van der Waals surface area contributed by atoms with Gasteiger partial charge in [-0.05, 0) is 18.2 Å². The van der Waals surface area contributed by atoms with Crippen molar-refractivity contribution in [2.75, 3.05) is 6.54 Å². The predicted molar refractivity (Wildman–Crippen MR) is 83.2 cm³/mol. The molecule has 1 aliphatic rings. The summed E-state index contributed by atoms with van der Waals surface area (Å²) in [6.45, 7) is 0.872. The van der Waals surface area contributed by atoms with Crippen molar-refractivity contribution < 1.29 is 27.5 Å². The smallest absolute Gasteiger partial charge is 0.381 e. The van der Waals surface area contributed by atoms with Crippen molar-refractivity contribution in [3.63, 3.8) is 0 Å². The van der Waals surface area contributed by atoms with Crippen LogP contribution in [0.1, 0.15) is 21.7 Å². The Labute approximate surface area is 148 Å². The van der Waals surface area contributed by atoms with E-state index in [2.05, 4.69) is 31.1 Å². The van der Waals surface area contributed by atoms with E-state index in [0.29, 0.717) is 29.9 Å². The van der Waals surface area contributed by atoms with Gasteiger partial charge < -0.3 is 10.1 Å². The number of nitrogens with zero attached hydrogens (tertiary/aromatic N) is 2. The molecule has 3 rings (SSSR count). The Morgan fingerprint density at radius 2 is 2.08 bits per heavy atom. The van der Waals surface area contributed by atoms with Crippen molar-refractivity contribution in [1.29, 1.82) is 0 Å². The van der Waals surface area contributed by atoms with Crippen LogP contribution in [0.25, 0.3) is 5.69 Å². The maximum absolute atomic E-state index is 12.3. The fourth-order valence-corrected chi connectivity index (χ4v) is 2.91. The predicted octanol–water partition coefficient (Wildman–Crippen LogP) is 2.53. The van der Waals surface area contributed by atoms with Gasteiger partial charge in [0.05, 0.1) is 11.4 Å². The highest BCUT2D eigenvalue weighted by molar-refractivity contribution is 9.10. The van der Waals surface area contributed by atoms with Gasteiger partial charge >= 0.3 is 18.1 Å². The van der Waals surface area contributed by atoms with Crippen LogP contribution in [0.5, 0.6) is 0 Å². The lowest BCUT2D eigenvalue weighted by molar-refractivity contribution is -0.193. The summed E-state index contributed by atoms with van der Waals surface area (Å²) >= 11 is 3.33. The molecule has 0 spiro atoms. The second-order valence-electron chi connectivity index (χ2n) is 5.27. The van der Waals surface area contributed by atoms with Crippen LogP contribution >= 0.6 is 15.9 Å². The molecule has 0 fully saturated rings. The lowest BCUT2D eigenvalue weighted by Crippen LogP contribution is -2.29. The number of rotatable bonds is 2. The van der Waals surface area contributed by atoms with Gasteiger partial charge in [0.25, 0.3) is 0 Å². The number of hydrogen-bond acceptors (Lipinski definition) is 5. The van der Waals surface area contributed by atoms with E-state index in [1.165, 1.54) is 4.68 Å². The van der Waals surface area contributed by atoms with Crippen LogP contribution in [-0.2, 0) is 22.5 Å². The third kappa shape index (κ3) is 3.59. The van der Waals surface area contributed by atoms with E-state index in [1.807, 2.05) is 0 Å². The summed E-state index contributed by atoms with van der Waals surface area (Å²) in [7, 11) is 0. The van der Waals surface area contributed by atoms with Crippen molar-refractivity contribution >= 4 is 27.9 Å². The Balaban J connectivity index is 2.01. The van der Waals surface area contributed by atoms with Gasteiger partial charge in [0, 0.05) is 29.5 Å². The quantitative estimate of drug-likeness (QED) is 0.600. The Kier molecular flexibility index (Phi) is 4.65. The zero-order valence-corrected chi connectivity index (χ0v) is 14.1. The Hall–Kier alpha value is -2.20. The second kappa shape index (κ2) is 6.60. The summed E-state index contributed by atoms with van der Waals surface area (Å²) in [5.74, 6) is -3.98. The number of carbonyl (C=O) groups is 2. The third-order valence-corrected chi connectivity index (χ3v) is 4.09. The average Bonchev–Trinajstić information content (AvgIpc) is 2.93. The van der Waals surface area contributed by atoms with E-state index in [1.54, 1.807) is 24.3 Å². The van der Waals surface area contributed by atoms with Crippen molar-refractivity contribution in [1.82, 2.24) is 15.1 Å². The first kappa shape index (κ1) is 17.6. The van der Waals surface area contributed by atoms with Crippen LogP contribution in [0, 0.1) is 0 Å². The minimum atomic E-state index is -5.25. The topological polar surface area (TPSA) is 73.2 Å². The van der Waals surface area contributed by atoms with Gasteiger partial charge in [-0.15, -0.1) is 0 Å². The highest BCUT2D eigenvalue weighted by atomic mass is 79.9. The molecule has 2 heterocycles. The van der Waals surface area contributed by atoms with E-state index in [4.69, 9.17) is 0 Å². The molecule has 0 atom stereocenters. The van der Waals surface area contributed by atoms with Crippen LogP contribution in [0.2, 0.25) is 0 Å². The molecule has 0 radical (unpaired) electrons. The van der Waals surface area contributed by atoms with Crippen molar-refractivity contribution in [3.8, 4) is 5.69 Å². The first-order valence-corrected chi connectivity index (χ1v) is 7.97. The summed E-state index contributed by atoms with van der Waals surface area (Å²) in [4.78, 5) is 22.9. The fraction of sp³-hybridized carbons (Fsp3) is 0.267. The monoisotopic (exact) mass is 417 g/mol. The second-order valence-corrected chi connectivity index (χ2v) is 6.18. The fourth-order valence-electron chi connectivity index (χ4n) is 2.52. The van der Waals surface area contributed by atoms with Gasteiger partial charge in [-0.2, -0.15) is 18.3 Å². The van der Waals surface area contributed by atoms with E-state index < -0.39 is 18.1 Å². The maximum Gasteiger partial charge on any atom is 0.491 e. The largest absolute Gasteiger partial charge is 0.491 e. The van der Waals surface area contributed by atoms with Gasteiger partial charge in [-0.3, -0.25) is 0 Å². The number of aromatic nitrogens is 2. The van der Waals surface area contributed by atoms with Crippen molar-refractivity contribution in [3.05, 3.63) is 45.7 Å². The molecule has 6 nitrogen and oxygen atoms in total. The summed E-state index contributed by atoms with van der Waals surface area (Å²) in [5, 5.41) is 7.12. The number of alkyl halides is 3. The van der Waals surface area contributed by atoms with Gasteiger partial charge in [-0.25, -0.2) is 14.3 Å². The molecule has 1 N–H and O–H groups in total. The van der Waals surface area contributed by atoms with Crippen LogP contribution in [0.4, 0.5) is 13.2 Å². The summed E-state index contributed by atoms with van der Waals surface area (Å²) in [6, 6.07) is 7.07. The number of nitrogens with one attached hydrogen (secondary N) is 1. The average molecular weight is 418 g/mol. The zero-order valence-electron chi connectivity index (χ0n) is 12.6. The number of esters is 2. The first-order chi connectivity index (χ1) is 11.8. The minimum Gasteiger partial charge on any atom is -0.381 e. The molecule has 1 aromatic carbocycles. The third-order valence-electron chi connectivity index (χ3n) is 3.59. The highest BCUT2D eigenvalue weighted by Crippen LogP contribution is 2.25. The number of hydrogen-bond donors (Lipinski definition) is 1. The van der Waals surface area contributed by atoms with Crippen molar-refractivity contribution in [2.45, 2.75) is 19.1 Å². The first-order valence-electron chi connectivity index (χ1n) is 7.18. The minimum absolute atomic E-state index is 0.244. The molecule has 0 amide bonds. The molecular weight excluding hydrogens is 407 g/mol. The molecule has 132 valence electrons. The van der Waals surface area contributed by atoms with Gasteiger partial charge in [0.1, 0.15) is 0 Å². The molecule has 2 aromatic rings. The van der Waals surface area contributed by atoms with E-state index in [9.17, 15) is 22.8 Å². The molecule has 0 aliphatic carbocycles.